The van der Waals surface area contributed by atoms with Crippen LogP contribution in [0.25, 0.3) is 10.9 Å². The fraction of sp³-hybridized carbons (Fsp3) is 0.500. The number of hydrogen-bond donors (Lipinski definition) is 1. The van der Waals surface area contributed by atoms with Crippen LogP contribution in [0.5, 0.6) is 0 Å². The van der Waals surface area contributed by atoms with Crippen LogP contribution in [-0.4, -0.2) is 27.5 Å². The molecule has 0 spiro atoms. The molecule has 0 bridgehead atoms. The summed E-state index contributed by atoms with van der Waals surface area (Å²) in [6, 6.07) is 5.29. The molecule has 1 aromatic heterocycles. The summed E-state index contributed by atoms with van der Waals surface area (Å²) in [5, 5.41) is 14.9. The Morgan fingerprint density at radius 2 is 2.14 bits per heavy atom. The molecule has 2 heterocycles. The van der Waals surface area contributed by atoms with E-state index in [1.165, 1.54) is 0 Å². The summed E-state index contributed by atoms with van der Waals surface area (Å²) in [5.41, 5.74) is 2.37. The molecule has 110 valence electrons. The first-order chi connectivity index (χ1) is 10.2. The zero-order valence-electron chi connectivity index (χ0n) is 11.8. The zero-order valence-corrected chi connectivity index (χ0v) is 11.8. The molecule has 5 heteroatoms. The van der Waals surface area contributed by atoms with Gasteiger partial charge in [0.05, 0.1) is 16.8 Å². The molecule has 1 N–H and O–H groups in total. The Kier molecular flexibility index (Phi) is 2.96. The maximum absolute atomic E-state index is 11.2. The lowest BCUT2D eigenvalue weighted by Gasteiger charge is -2.23. The minimum absolute atomic E-state index is 0.00979. The first-order valence-corrected chi connectivity index (χ1v) is 7.61. The highest BCUT2D eigenvalue weighted by Gasteiger charge is 2.31. The number of benzene rings is 1. The summed E-state index contributed by atoms with van der Waals surface area (Å²) in [5.74, 6) is -0.401. The van der Waals surface area contributed by atoms with Crippen LogP contribution in [0.3, 0.4) is 0 Å². The minimum atomic E-state index is -0.889. The Bertz CT molecular complexity index is 697. The monoisotopic (exact) mass is 286 g/mol. The van der Waals surface area contributed by atoms with Gasteiger partial charge in [0.2, 0.25) is 0 Å². The van der Waals surface area contributed by atoms with E-state index in [0.717, 1.165) is 55.3 Å². The van der Waals surface area contributed by atoms with Crippen molar-refractivity contribution in [1.29, 1.82) is 0 Å². The summed E-state index contributed by atoms with van der Waals surface area (Å²) >= 11 is 0. The molecule has 1 saturated carbocycles. The predicted molar refractivity (Wildman–Crippen MR) is 77.5 cm³/mol. The van der Waals surface area contributed by atoms with Crippen LogP contribution in [0.15, 0.2) is 18.2 Å². The van der Waals surface area contributed by atoms with E-state index in [0.29, 0.717) is 11.5 Å². The number of carbonyl (C=O) groups is 1. The van der Waals surface area contributed by atoms with Gasteiger partial charge in [0.15, 0.2) is 6.23 Å². The minimum Gasteiger partial charge on any atom is -0.478 e. The van der Waals surface area contributed by atoms with Gasteiger partial charge >= 0.3 is 5.97 Å². The van der Waals surface area contributed by atoms with Gasteiger partial charge in [0.25, 0.3) is 0 Å². The molecule has 1 aromatic carbocycles. The van der Waals surface area contributed by atoms with Crippen molar-refractivity contribution in [1.82, 2.24) is 9.78 Å². The van der Waals surface area contributed by atoms with Crippen molar-refractivity contribution in [3.8, 4) is 0 Å². The molecule has 1 aliphatic carbocycles. The number of nitrogens with zero attached hydrogens (tertiary/aromatic N) is 2. The van der Waals surface area contributed by atoms with Gasteiger partial charge in [-0.25, -0.2) is 9.48 Å². The Balaban J connectivity index is 1.85. The molecule has 2 fully saturated rings. The van der Waals surface area contributed by atoms with E-state index in [1.807, 2.05) is 10.7 Å². The fourth-order valence-corrected chi connectivity index (χ4v) is 3.09. The molecular formula is C16H18N2O3. The number of carboxylic acids is 1. The molecular weight excluding hydrogens is 268 g/mol. The quantitative estimate of drug-likeness (QED) is 0.940. The highest BCUT2D eigenvalue weighted by molar-refractivity contribution is 5.94. The summed E-state index contributed by atoms with van der Waals surface area (Å²) in [6.07, 6.45) is 5.52. The van der Waals surface area contributed by atoms with E-state index in [1.54, 1.807) is 12.1 Å². The average molecular weight is 286 g/mol. The van der Waals surface area contributed by atoms with Crippen LogP contribution in [0.2, 0.25) is 0 Å². The number of rotatable bonds is 3. The van der Waals surface area contributed by atoms with E-state index in [-0.39, 0.29) is 6.23 Å². The molecule has 1 saturated heterocycles. The molecule has 4 rings (SSSR count). The lowest BCUT2D eigenvalue weighted by molar-refractivity contribution is -0.0368. The highest BCUT2D eigenvalue weighted by atomic mass is 16.5. The van der Waals surface area contributed by atoms with Crippen molar-refractivity contribution in [2.75, 3.05) is 6.61 Å². The van der Waals surface area contributed by atoms with E-state index in [4.69, 9.17) is 9.84 Å². The molecule has 1 unspecified atom stereocenters. The highest BCUT2D eigenvalue weighted by Crippen LogP contribution is 2.43. The van der Waals surface area contributed by atoms with Crippen molar-refractivity contribution < 1.29 is 14.6 Å². The van der Waals surface area contributed by atoms with Gasteiger partial charge in [0, 0.05) is 17.9 Å². The van der Waals surface area contributed by atoms with Gasteiger partial charge < -0.3 is 9.84 Å². The third kappa shape index (κ3) is 2.21. The van der Waals surface area contributed by atoms with Crippen molar-refractivity contribution >= 4 is 16.9 Å². The third-order valence-corrected chi connectivity index (χ3v) is 4.37. The average Bonchev–Trinajstić information content (AvgIpc) is 3.28. The van der Waals surface area contributed by atoms with Crippen LogP contribution >= 0.6 is 0 Å². The van der Waals surface area contributed by atoms with Crippen molar-refractivity contribution in [2.24, 2.45) is 0 Å². The Morgan fingerprint density at radius 1 is 1.29 bits per heavy atom. The number of fused-ring (bicyclic) bond motifs is 1. The van der Waals surface area contributed by atoms with Crippen molar-refractivity contribution in [3.63, 3.8) is 0 Å². The van der Waals surface area contributed by atoms with Gasteiger partial charge in [-0.05, 0) is 50.3 Å². The lowest BCUT2D eigenvalue weighted by atomic mass is 10.1. The molecule has 0 radical (unpaired) electrons. The number of carboxylic acid groups (broad SMARTS) is 1. The maximum atomic E-state index is 11.2. The number of hydrogen-bond acceptors (Lipinski definition) is 3. The van der Waals surface area contributed by atoms with Crippen LogP contribution < -0.4 is 0 Å². The molecule has 1 atom stereocenters. The van der Waals surface area contributed by atoms with E-state index in [9.17, 15) is 9.90 Å². The summed E-state index contributed by atoms with van der Waals surface area (Å²) in [4.78, 5) is 11.2. The Hall–Kier alpha value is -1.88. The van der Waals surface area contributed by atoms with Crippen LogP contribution in [0.4, 0.5) is 0 Å². The maximum Gasteiger partial charge on any atom is 0.335 e. The smallest absolute Gasteiger partial charge is 0.335 e. The normalized spacial score (nSPS) is 22.6. The predicted octanol–water partition coefficient (Wildman–Crippen LogP) is 3.31. The second kappa shape index (κ2) is 4.84. The molecule has 2 aliphatic rings. The summed E-state index contributed by atoms with van der Waals surface area (Å²) < 4.78 is 7.81. The molecule has 0 amide bonds. The zero-order chi connectivity index (χ0) is 14.4. The van der Waals surface area contributed by atoms with Gasteiger partial charge in [0.1, 0.15) is 0 Å². The second-order valence-corrected chi connectivity index (χ2v) is 5.96. The molecule has 5 nitrogen and oxygen atoms in total. The summed E-state index contributed by atoms with van der Waals surface area (Å²) in [6.45, 7) is 0.776. The van der Waals surface area contributed by atoms with Crippen molar-refractivity contribution in [2.45, 2.75) is 44.2 Å². The Labute approximate surface area is 122 Å². The van der Waals surface area contributed by atoms with Crippen LogP contribution in [-0.2, 0) is 4.74 Å². The summed E-state index contributed by atoms with van der Waals surface area (Å²) in [7, 11) is 0. The topological polar surface area (TPSA) is 64.3 Å². The van der Waals surface area contributed by atoms with Crippen LogP contribution in [0, 0.1) is 0 Å². The van der Waals surface area contributed by atoms with Crippen molar-refractivity contribution in [3.05, 3.63) is 29.5 Å². The first-order valence-electron chi connectivity index (χ1n) is 7.61. The fourth-order valence-electron chi connectivity index (χ4n) is 3.09. The van der Waals surface area contributed by atoms with Gasteiger partial charge in [-0.15, -0.1) is 0 Å². The SMILES string of the molecule is O=C(O)c1ccc2c(c1)c(C1CC1)nn2C1CCCCO1. The number of ether oxygens (including phenoxy) is 1. The molecule has 1 aliphatic heterocycles. The van der Waals surface area contributed by atoms with Gasteiger partial charge in [-0.1, -0.05) is 0 Å². The Morgan fingerprint density at radius 3 is 2.81 bits per heavy atom. The molecule has 21 heavy (non-hydrogen) atoms. The largest absolute Gasteiger partial charge is 0.478 e. The third-order valence-electron chi connectivity index (χ3n) is 4.37. The number of aromatic carboxylic acids is 1. The molecule has 2 aromatic rings. The number of aromatic nitrogens is 2. The van der Waals surface area contributed by atoms with E-state index in [2.05, 4.69) is 0 Å². The first kappa shape index (κ1) is 12.8. The second-order valence-electron chi connectivity index (χ2n) is 5.96. The van der Waals surface area contributed by atoms with Crippen LogP contribution in [0.1, 0.15) is 60.3 Å². The van der Waals surface area contributed by atoms with Gasteiger partial charge in [-0.3, -0.25) is 0 Å². The lowest BCUT2D eigenvalue weighted by Crippen LogP contribution is -2.19. The standard InChI is InChI=1S/C16H18N2O3/c19-16(20)11-6-7-13-12(9-11)15(10-4-5-10)17-18(13)14-3-1-2-8-21-14/h6-7,9-10,14H,1-5,8H2,(H,19,20). The van der Waals surface area contributed by atoms with Gasteiger partial charge in [-0.2, -0.15) is 5.10 Å². The van der Waals surface area contributed by atoms with E-state index < -0.39 is 5.97 Å². The van der Waals surface area contributed by atoms with E-state index >= 15 is 0 Å².